The minimum atomic E-state index is -4.31. The first-order valence-electron chi connectivity index (χ1n) is 7.44. The number of carbonyl (C=O) groups excluding carboxylic acids is 1. The summed E-state index contributed by atoms with van der Waals surface area (Å²) in [7, 11) is 0. The minimum Gasteiger partial charge on any atom is -0.357 e. The van der Waals surface area contributed by atoms with Crippen LogP contribution in [0.2, 0.25) is 0 Å². The molecule has 2 aromatic heterocycles. The van der Waals surface area contributed by atoms with Gasteiger partial charge in [0.15, 0.2) is 5.78 Å². The number of hydrogen-bond acceptors (Lipinski definition) is 2. The number of nitrogens with zero attached hydrogens (tertiary/aromatic N) is 1. The fourth-order valence-electron chi connectivity index (χ4n) is 3.47. The number of H-pyrrole nitrogens is 1. The van der Waals surface area contributed by atoms with E-state index < -0.39 is 12.6 Å². The molecule has 3 aromatic rings. The molecule has 118 valence electrons. The Labute approximate surface area is 129 Å². The molecule has 0 amide bonds. The lowest BCUT2D eigenvalue weighted by Crippen LogP contribution is -2.12. The van der Waals surface area contributed by atoms with Crippen molar-refractivity contribution in [3.8, 4) is 0 Å². The number of alkyl halides is 3. The van der Waals surface area contributed by atoms with Crippen molar-refractivity contribution in [3.05, 3.63) is 41.3 Å². The van der Waals surface area contributed by atoms with Gasteiger partial charge in [-0.05, 0) is 18.4 Å². The van der Waals surface area contributed by atoms with Gasteiger partial charge in [0.2, 0.25) is 0 Å². The van der Waals surface area contributed by atoms with Crippen LogP contribution in [0.3, 0.4) is 0 Å². The smallest absolute Gasteiger partial charge is 0.357 e. The van der Waals surface area contributed by atoms with E-state index in [1.54, 1.807) is 18.3 Å². The maximum absolute atomic E-state index is 12.9. The highest BCUT2D eigenvalue weighted by Crippen LogP contribution is 2.36. The topological polar surface area (TPSA) is 45.8 Å². The number of aryl methyl sites for hydroxylation is 1. The van der Waals surface area contributed by atoms with Gasteiger partial charge in [-0.1, -0.05) is 12.1 Å². The van der Waals surface area contributed by atoms with Crippen molar-refractivity contribution in [1.29, 1.82) is 0 Å². The van der Waals surface area contributed by atoms with E-state index >= 15 is 0 Å². The Hall–Kier alpha value is -2.37. The number of Topliss-reactive ketones (excluding diaryl/α,β-unsaturated/α-hetero) is 1. The Morgan fingerprint density at radius 2 is 2.00 bits per heavy atom. The molecule has 1 aliphatic carbocycles. The van der Waals surface area contributed by atoms with E-state index in [2.05, 4.69) is 9.97 Å². The summed E-state index contributed by atoms with van der Waals surface area (Å²) in [5, 5.41) is 1.87. The molecule has 2 heterocycles. The highest BCUT2D eigenvalue weighted by Gasteiger charge is 2.30. The minimum absolute atomic E-state index is 0.0586. The normalized spacial score (nSPS) is 15.3. The number of hydrogen-bond donors (Lipinski definition) is 1. The van der Waals surface area contributed by atoms with Crippen molar-refractivity contribution in [1.82, 2.24) is 9.97 Å². The van der Waals surface area contributed by atoms with Gasteiger partial charge in [0.25, 0.3) is 0 Å². The van der Waals surface area contributed by atoms with Crippen molar-refractivity contribution in [2.45, 2.75) is 31.9 Å². The van der Waals surface area contributed by atoms with Gasteiger partial charge in [-0.15, -0.1) is 0 Å². The summed E-state index contributed by atoms with van der Waals surface area (Å²) < 4.78 is 38.6. The van der Waals surface area contributed by atoms with Crippen molar-refractivity contribution >= 4 is 27.5 Å². The molecule has 1 N–H and O–H groups in total. The summed E-state index contributed by atoms with van der Waals surface area (Å²) in [4.78, 5) is 19.3. The molecule has 4 rings (SSSR count). The van der Waals surface area contributed by atoms with Crippen LogP contribution in [-0.4, -0.2) is 21.9 Å². The fourth-order valence-corrected chi connectivity index (χ4v) is 3.47. The number of nitrogens with one attached hydrogen (secondary N) is 1. The SMILES string of the molecule is O=C1CCCc2[nH]c3c(ccc4cncc(CC(F)(F)F)c43)c21. The lowest BCUT2D eigenvalue weighted by Gasteiger charge is -2.10. The number of ketones is 1. The van der Waals surface area contributed by atoms with Crippen LogP contribution in [0.15, 0.2) is 24.5 Å². The Kier molecular flexibility index (Phi) is 2.98. The molecule has 0 bridgehead atoms. The first-order chi connectivity index (χ1) is 10.9. The average Bonchev–Trinajstić information content (AvgIpc) is 2.85. The van der Waals surface area contributed by atoms with Gasteiger partial charge in [0.05, 0.1) is 11.9 Å². The number of benzene rings is 1. The molecule has 1 aliphatic rings. The zero-order valence-corrected chi connectivity index (χ0v) is 12.1. The summed E-state index contributed by atoms with van der Waals surface area (Å²) >= 11 is 0. The number of aromatic amines is 1. The van der Waals surface area contributed by atoms with Crippen molar-refractivity contribution in [2.75, 3.05) is 0 Å². The first kappa shape index (κ1) is 14.2. The maximum Gasteiger partial charge on any atom is 0.393 e. The van der Waals surface area contributed by atoms with E-state index in [4.69, 9.17) is 0 Å². The molecule has 0 saturated heterocycles. The van der Waals surface area contributed by atoms with E-state index in [0.29, 0.717) is 33.7 Å². The van der Waals surface area contributed by atoms with Crippen LogP contribution < -0.4 is 0 Å². The van der Waals surface area contributed by atoms with Gasteiger partial charge in [0, 0.05) is 46.2 Å². The van der Waals surface area contributed by atoms with E-state index in [1.807, 2.05) is 0 Å². The van der Waals surface area contributed by atoms with Crippen LogP contribution in [0.1, 0.15) is 34.5 Å². The molecule has 0 atom stereocenters. The summed E-state index contributed by atoms with van der Waals surface area (Å²) in [6, 6.07) is 3.54. The number of pyridine rings is 1. The van der Waals surface area contributed by atoms with Crippen LogP contribution in [0.25, 0.3) is 21.7 Å². The van der Waals surface area contributed by atoms with Gasteiger partial charge in [0.1, 0.15) is 0 Å². The van der Waals surface area contributed by atoms with Gasteiger partial charge >= 0.3 is 6.18 Å². The van der Waals surface area contributed by atoms with Crippen LogP contribution in [-0.2, 0) is 12.8 Å². The number of halogens is 3. The van der Waals surface area contributed by atoms with E-state index in [0.717, 1.165) is 18.5 Å². The monoisotopic (exact) mass is 318 g/mol. The molecule has 0 fully saturated rings. The van der Waals surface area contributed by atoms with Crippen molar-refractivity contribution < 1.29 is 18.0 Å². The van der Waals surface area contributed by atoms with Crippen LogP contribution >= 0.6 is 0 Å². The van der Waals surface area contributed by atoms with Gasteiger partial charge in [-0.3, -0.25) is 9.78 Å². The van der Waals surface area contributed by atoms with E-state index in [-0.39, 0.29) is 11.3 Å². The predicted molar refractivity (Wildman–Crippen MR) is 80.6 cm³/mol. The van der Waals surface area contributed by atoms with E-state index in [1.165, 1.54) is 6.20 Å². The van der Waals surface area contributed by atoms with Gasteiger partial charge in [-0.25, -0.2) is 0 Å². The van der Waals surface area contributed by atoms with Gasteiger partial charge < -0.3 is 4.98 Å². The maximum atomic E-state index is 12.9. The Balaban J connectivity index is 2.06. The number of aromatic nitrogens is 2. The molecule has 3 nitrogen and oxygen atoms in total. The van der Waals surface area contributed by atoms with E-state index in [9.17, 15) is 18.0 Å². The van der Waals surface area contributed by atoms with Crippen LogP contribution in [0.4, 0.5) is 13.2 Å². The van der Waals surface area contributed by atoms with Crippen molar-refractivity contribution in [2.24, 2.45) is 0 Å². The predicted octanol–water partition coefficient (Wildman–Crippen LogP) is 4.34. The Morgan fingerprint density at radius 3 is 2.78 bits per heavy atom. The second kappa shape index (κ2) is 4.81. The molecular formula is C17H13F3N2O. The standard InChI is InChI=1S/C17H13F3N2O/c18-17(19,20)6-10-8-21-7-9-4-5-11-15-12(2-1-3-13(15)23)22-16(11)14(9)10/h4-5,7-8,22H,1-3,6H2. The summed E-state index contributed by atoms with van der Waals surface area (Å²) in [5.41, 5.74) is 2.22. The number of rotatable bonds is 1. The summed E-state index contributed by atoms with van der Waals surface area (Å²) in [5.74, 6) is 0.0586. The fraction of sp³-hybridized carbons (Fsp3) is 0.294. The second-order valence-electron chi connectivity index (χ2n) is 5.93. The van der Waals surface area contributed by atoms with Crippen LogP contribution in [0.5, 0.6) is 0 Å². The Bertz CT molecular complexity index is 940. The third kappa shape index (κ3) is 2.29. The lowest BCUT2D eigenvalue weighted by atomic mass is 9.93. The average molecular weight is 318 g/mol. The highest BCUT2D eigenvalue weighted by molar-refractivity contribution is 6.16. The second-order valence-corrected chi connectivity index (χ2v) is 5.93. The Morgan fingerprint density at radius 1 is 1.17 bits per heavy atom. The van der Waals surface area contributed by atoms with Gasteiger partial charge in [-0.2, -0.15) is 13.2 Å². The quantitative estimate of drug-likeness (QED) is 0.725. The molecular weight excluding hydrogens is 305 g/mol. The molecule has 0 aliphatic heterocycles. The number of carbonyl (C=O) groups is 1. The first-order valence-corrected chi connectivity index (χ1v) is 7.44. The largest absolute Gasteiger partial charge is 0.393 e. The summed E-state index contributed by atoms with van der Waals surface area (Å²) in [6.07, 6.45) is -0.518. The molecule has 23 heavy (non-hydrogen) atoms. The number of fused-ring (bicyclic) bond motifs is 5. The van der Waals surface area contributed by atoms with Crippen LogP contribution in [0, 0.1) is 0 Å². The molecule has 0 saturated carbocycles. The molecule has 6 heteroatoms. The molecule has 0 spiro atoms. The third-order valence-electron chi connectivity index (χ3n) is 4.35. The highest BCUT2D eigenvalue weighted by atomic mass is 19.4. The molecule has 1 aromatic carbocycles. The zero-order valence-electron chi connectivity index (χ0n) is 12.1. The molecule has 0 radical (unpaired) electrons. The molecule has 0 unspecified atom stereocenters. The third-order valence-corrected chi connectivity index (χ3v) is 4.35. The zero-order chi connectivity index (χ0) is 16.2. The summed E-state index contributed by atoms with van der Waals surface area (Å²) in [6.45, 7) is 0. The lowest BCUT2D eigenvalue weighted by molar-refractivity contribution is -0.127. The van der Waals surface area contributed by atoms with Crippen molar-refractivity contribution in [3.63, 3.8) is 0 Å².